The maximum Gasteiger partial charge on any atom is 0.262 e. The Morgan fingerprint density at radius 3 is 2.40 bits per heavy atom. The zero-order chi connectivity index (χ0) is 14.8. The van der Waals surface area contributed by atoms with Crippen LogP contribution in [0.4, 0.5) is 10.7 Å². The van der Waals surface area contributed by atoms with Gasteiger partial charge in [-0.15, -0.1) is 0 Å². The SMILES string of the molecule is CC(=O)Nc1ccc(S(=O)(=O)Nc2cc(C)ns2)cc1. The fourth-order valence-electron chi connectivity index (χ4n) is 1.52. The van der Waals surface area contributed by atoms with Gasteiger partial charge in [0.2, 0.25) is 5.91 Å². The highest BCUT2D eigenvalue weighted by molar-refractivity contribution is 7.93. The highest BCUT2D eigenvalue weighted by atomic mass is 32.2. The summed E-state index contributed by atoms with van der Waals surface area (Å²) in [5.74, 6) is -0.209. The second-order valence-electron chi connectivity index (χ2n) is 4.14. The minimum atomic E-state index is -3.64. The minimum Gasteiger partial charge on any atom is -0.326 e. The Hall–Kier alpha value is -1.93. The highest BCUT2D eigenvalue weighted by Crippen LogP contribution is 2.21. The standard InChI is InChI=1S/C12H13N3O3S2/c1-8-7-12(19-14-8)15-20(17,18)11-5-3-10(4-6-11)13-9(2)16/h3-7,15H,1-2H3,(H,13,16). The quantitative estimate of drug-likeness (QED) is 0.906. The van der Waals surface area contributed by atoms with Crippen molar-refractivity contribution < 1.29 is 13.2 Å². The molecule has 1 aromatic heterocycles. The largest absolute Gasteiger partial charge is 0.326 e. The van der Waals surface area contributed by atoms with Crippen molar-refractivity contribution >= 4 is 38.2 Å². The maximum absolute atomic E-state index is 12.1. The Bertz CT molecular complexity index is 721. The van der Waals surface area contributed by atoms with Crippen LogP contribution < -0.4 is 10.0 Å². The molecule has 2 aromatic rings. The summed E-state index contributed by atoms with van der Waals surface area (Å²) < 4.78 is 30.7. The third-order valence-corrected chi connectivity index (χ3v) is 4.65. The monoisotopic (exact) mass is 311 g/mol. The number of sulfonamides is 1. The van der Waals surface area contributed by atoms with Gasteiger partial charge in [-0.1, -0.05) is 0 Å². The molecule has 1 heterocycles. The Balaban J connectivity index is 2.19. The van der Waals surface area contributed by atoms with E-state index in [0.29, 0.717) is 10.7 Å². The van der Waals surface area contributed by atoms with Crippen LogP contribution in [0.25, 0.3) is 0 Å². The van der Waals surface area contributed by atoms with E-state index in [0.717, 1.165) is 17.2 Å². The number of carbonyl (C=O) groups is 1. The summed E-state index contributed by atoms with van der Waals surface area (Å²) in [7, 11) is -3.64. The summed E-state index contributed by atoms with van der Waals surface area (Å²) in [5.41, 5.74) is 1.30. The number of nitrogens with zero attached hydrogens (tertiary/aromatic N) is 1. The van der Waals surface area contributed by atoms with E-state index in [1.807, 2.05) is 0 Å². The van der Waals surface area contributed by atoms with E-state index in [-0.39, 0.29) is 10.8 Å². The van der Waals surface area contributed by atoms with E-state index < -0.39 is 10.0 Å². The number of benzene rings is 1. The highest BCUT2D eigenvalue weighted by Gasteiger charge is 2.15. The van der Waals surface area contributed by atoms with Gasteiger partial charge < -0.3 is 5.32 Å². The fourth-order valence-corrected chi connectivity index (χ4v) is 3.46. The summed E-state index contributed by atoms with van der Waals surface area (Å²) in [6.07, 6.45) is 0. The van der Waals surface area contributed by atoms with Crippen LogP contribution in [0.2, 0.25) is 0 Å². The van der Waals surface area contributed by atoms with Crippen molar-refractivity contribution in [1.82, 2.24) is 4.37 Å². The lowest BCUT2D eigenvalue weighted by molar-refractivity contribution is -0.114. The molecule has 0 aliphatic carbocycles. The maximum atomic E-state index is 12.1. The lowest BCUT2D eigenvalue weighted by Gasteiger charge is -2.07. The molecule has 106 valence electrons. The Kier molecular flexibility index (Phi) is 4.05. The second-order valence-corrected chi connectivity index (χ2v) is 6.63. The zero-order valence-electron chi connectivity index (χ0n) is 10.9. The van der Waals surface area contributed by atoms with Gasteiger partial charge >= 0.3 is 0 Å². The molecule has 0 saturated carbocycles. The first-order valence-electron chi connectivity index (χ1n) is 5.70. The summed E-state index contributed by atoms with van der Waals surface area (Å²) in [6.45, 7) is 3.18. The van der Waals surface area contributed by atoms with Crippen LogP contribution in [0.5, 0.6) is 0 Å². The predicted octanol–water partition coefficient (Wildman–Crippen LogP) is 2.21. The smallest absolute Gasteiger partial charge is 0.262 e. The average Bonchev–Trinajstić information content (AvgIpc) is 2.74. The zero-order valence-corrected chi connectivity index (χ0v) is 12.5. The predicted molar refractivity (Wildman–Crippen MR) is 78.4 cm³/mol. The number of rotatable bonds is 4. The Morgan fingerprint density at radius 1 is 1.25 bits per heavy atom. The van der Waals surface area contributed by atoms with Gasteiger partial charge in [-0.2, -0.15) is 4.37 Å². The molecular formula is C12H13N3O3S2. The molecule has 6 nitrogen and oxygen atoms in total. The van der Waals surface area contributed by atoms with Crippen molar-refractivity contribution in [3.05, 3.63) is 36.0 Å². The Morgan fingerprint density at radius 2 is 1.90 bits per heavy atom. The number of aryl methyl sites for hydroxylation is 1. The van der Waals surface area contributed by atoms with Crippen molar-refractivity contribution in [2.45, 2.75) is 18.7 Å². The van der Waals surface area contributed by atoms with Crippen molar-refractivity contribution in [3.8, 4) is 0 Å². The van der Waals surface area contributed by atoms with E-state index in [4.69, 9.17) is 0 Å². The number of nitrogens with one attached hydrogen (secondary N) is 2. The number of hydrogen-bond acceptors (Lipinski definition) is 5. The van der Waals surface area contributed by atoms with Gasteiger partial charge in [-0.25, -0.2) is 8.42 Å². The molecule has 2 rings (SSSR count). The van der Waals surface area contributed by atoms with Crippen molar-refractivity contribution in [2.75, 3.05) is 10.0 Å². The summed E-state index contributed by atoms with van der Waals surface area (Å²) in [6, 6.07) is 7.60. The van der Waals surface area contributed by atoms with Crippen LogP contribution in [0.3, 0.4) is 0 Å². The van der Waals surface area contributed by atoms with Crippen LogP contribution in [-0.2, 0) is 14.8 Å². The molecule has 0 fully saturated rings. The van der Waals surface area contributed by atoms with Gasteiger partial charge in [0.15, 0.2) is 0 Å². The first-order valence-corrected chi connectivity index (χ1v) is 7.96. The molecule has 1 amide bonds. The van der Waals surface area contributed by atoms with Gasteiger partial charge in [0.25, 0.3) is 10.0 Å². The number of anilines is 2. The van der Waals surface area contributed by atoms with Crippen molar-refractivity contribution in [2.24, 2.45) is 0 Å². The molecule has 0 bridgehead atoms. The van der Waals surface area contributed by atoms with Crippen LogP contribution in [0.1, 0.15) is 12.6 Å². The summed E-state index contributed by atoms with van der Waals surface area (Å²) >= 11 is 1.09. The Labute approximate surface area is 121 Å². The van der Waals surface area contributed by atoms with Crippen molar-refractivity contribution in [3.63, 3.8) is 0 Å². The van der Waals surface area contributed by atoms with E-state index in [1.54, 1.807) is 13.0 Å². The lowest BCUT2D eigenvalue weighted by atomic mass is 10.3. The van der Waals surface area contributed by atoms with Crippen LogP contribution >= 0.6 is 11.5 Å². The average molecular weight is 311 g/mol. The normalized spacial score (nSPS) is 11.1. The minimum absolute atomic E-state index is 0.123. The third kappa shape index (κ3) is 3.55. The van der Waals surface area contributed by atoms with Gasteiger partial charge in [0.05, 0.1) is 10.6 Å². The molecule has 1 aromatic carbocycles. The first-order chi connectivity index (χ1) is 9.37. The molecule has 2 N–H and O–H groups in total. The molecular weight excluding hydrogens is 298 g/mol. The van der Waals surface area contributed by atoms with Crippen LogP contribution in [0.15, 0.2) is 35.2 Å². The van der Waals surface area contributed by atoms with E-state index in [1.165, 1.54) is 31.2 Å². The van der Waals surface area contributed by atoms with E-state index in [2.05, 4.69) is 14.4 Å². The molecule has 0 radical (unpaired) electrons. The van der Waals surface area contributed by atoms with Crippen molar-refractivity contribution in [1.29, 1.82) is 0 Å². The molecule has 0 atom stereocenters. The van der Waals surface area contributed by atoms with Gasteiger partial charge in [-0.05, 0) is 48.8 Å². The molecule has 8 heteroatoms. The fraction of sp³-hybridized carbons (Fsp3) is 0.167. The molecule has 0 aliphatic rings. The molecule has 0 unspecified atom stereocenters. The number of hydrogen-bond donors (Lipinski definition) is 2. The lowest BCUT2D eigenvalue weighted by Crippen LogP contribution is -2.12. The first kappa shape index (κ1) is 14.5. The molecule has 20 heavy (non-hydrogen) atoms. The molecule has 0 saturated heterocycles. The topological polar surface area (TPSA) is 88.2 Å². The van der Waals surface area contributed by atoms with Crippen LogP contribution in [-0.4, -0.2) is 18.7 Å². The van der Waals surface area contributed by atoms with E-state index in [9.17, 15) is 13.2 Å². The van der Waals surface area contributed by atoms with Gasteiger partial charge in [0.1, 0.15) is 5.00 Å². The second kappa shape index (κ2) is 5.59. The third-order valence-electron chi connectivity index (χ3n) is 2.35. The van der Waals surface area contributed by atoms with Gasteiger partial charge in [-0.3, -0.25) is 9.52 Å². The molecule has 0 aliphatic heterocycles. The number of amides is 1. The van der Waals surface area contributed by atoms with Crippen LogP contribution in [0, 0.1) is 6.92 Å². The summed E-state index contributed by atoms with van der Waals surface area (Å²) in [5, 5.41) is 3.04. The van der Waals surface area contributed by atoms with E-state index >= 15 is 0 Å². The number of carbonyl (C=O) groups excluding carboxylic acids is 1. The molecule has 0 spiro atoms. The van der Waals surface area contributed by atoms with Gasteiger partial charge in [0, 0.05) is 12.6 Å². The number of aromatic nitrogens is 1. The summed E-state index contributed by atoms with van der Waals surface area (Å²) in [4.78, 5) is 11.0.